The van der Waals surface area contributed by atoms with Crippen molar-refractivity contribution in [1.82, 2.24) is 0 Å². The zero-order valence-electron chi connectivity index (χ0n) is 6.73. The molecular weight excluding hydrogens is 142 g/mol. The van der Waals surface area contributed by atoms with Crippen LogP contribution in [0.3, 0.4) is 0 Å². The lowest BCUT2D eigenvalue weighted by Crippen LogP contribution is -2.15. The van der Waals surface area contributed by atoms with E-state index in [1.807, 2.05) is 11.8 Å². The van der Waals surface area contributed by atoms with Crippen LogP contribution in [0.4, 0.5) is 0 Å². The highest BCUT2D eigenvalue weighted by Crippen LogP contribution is 2.48. The first kappa shape index (κ1) is 8.41. The molecule has 2 N–H and O–H groups in total. The fourth-order valence-electron chi connectivity index (χ4n) is 1.17. The normalized spacial score (nSPS) is 21.0. The molecule has 0 amide bonds. The summed E-state index contributed by atoms with van der Waals surface area (Å²) in [6.45, 7) is 3.13. The van der Waals surface area contributed by atoms with Gasteiger partial charge in [0.15, 0.2) is 0 Å². The Hall–Kier alpha value is 0.310. The maximum atomic E-state index is 5.64. The molecule has 10 heavy (non-hydrogen) atoms. The van der Waals surface area contributed by atoms with Gasteiger partial charge in [-0.25, -0.2) is 0 Å². The van der Waals surface area contributed by atoms with Gasteiger partial charge in [0.05, 0.1) is 0 Å². The van der Waals surface area contributed by atoms with Gasteiger partial charge in [0.25, 0.3) is 0 Å². The van der Waals surface area contributed by atoms with Crippen LogP contribution < -0.4 is 5.73 Å². The summed E-state index contributed by atoms with van der Waals surface area (Å²) in [5.41, 5.74) is 6.24. The van der Waals surface area contributed by atoms with E-state index in [1.165, 1.54) is 30.8 Å². The summed E-state index contributed by atoms with van der Waals surface area (Å²) in [5, 5.41) is 0. The van der Waals surface area contributed by atoms with Crippen molar-refractivity contribution in [3.63, 3.8) is 0 Å². The Kier molecular flexibility index (Phi) is 3.05. The first-order chi connectivity index (χ1) is 4.83. The van der Waals surface area contributed by atoms with Crippen LogP contribution in [0.1, 0.15) is 26.2 Å². The van der Waals surface area contributed by atoms with E-state index in [4.69, 9.17) is 5.73 Å². The van der Waals surface area contributed by atoms with E-state index >= 15 is 0 Å². The molecule has 1 saturated carbocycles. The molecule has 60 valence electrons. The van der Waals surface area contributed by atoms with Crippen molar-refractivity contribution in [3.05, 3.63) is 0 Å². The molecule has 0 bridgehead atoms. The van der Waals surface area contributed by atoms with Crippen molar-refractivity contribution in [3.8, 4) is 0 Å². The third-order valence-electron chi connectivity index (χ3n) is 2.37. The molecule has 0 unspecified atom stereocenters. The molecule has 1 nitrogen and oxygen atoms in total. The van der Waals surface area contributed by atoms with E-state index in [-0.39, 0.29) is 0 Å². The van der Waals surface area contributed by atoms with E-state index in [0.717, 1.165) is 6.54 Å². The molecule has 0 radical (unpaired) electrons. The van der Waals surface area contributed by atoms with Crippen LogP contribution in [0.5, 0.6) is 0 Å². The predicted molar refractivity (Wildman–Crippen MR) is 48.3 cm³/mol. The molecule has 0 heterocycles. The zero-order chi connectivity index (χ0) is 7.45. The van der Waals surface area contributed by atoms with E-state index < -0.39 is 0 Å². The van der Waals surface area contributed by atoms with Crippen molar-refractivity contribution in [2.24, 2.45) is 11.1 Å². The minimum Gasteiger partial charge on any atom is -0.330 e. The van der Waals surface area contributed by atoms with Gasteiger partial charge in [0.1, 0.15) is 0 Å². The second kappa shape index (κ2) is 3.63. The van der Waals surface area contributed by atoms with Gasteiger partial charge in [-0.05, 0) is 42.7 Å². The smallest absolute Gasteiger partial charge is 0.00202 e. The summed E-state index contributed by atoms with van der Waals surface area (Å²) in [6.07, 6.45) is 4.11. The average molecular weight is 159 g/mol. The van der Waals surface area contributed by atoms with Crippen LogP contribution in [0.25, 0.3) is 0 Å². The predicted octanol–water partition coefficient (Wildman–Crippen LogP) is 1.87. The summed E-state index contributed by atoms with van der Waals surface area (Å²) < 4.78 is 0. The fourth-order valence-corrected chi connectivity index (χ4v) is 2.03. The third kappa shape index (κ3) is 2.17. The lowest BCUT2D eigenvalue weighted by molar-refractivity contribution is 0.509. The molecule has 0 aromatic rings. The molecule has 1 aliphatic rings. The Bertz CT molecular complexity index is 99.4. The van der Waals surface area contributed by atoms with Gasteiger partial charge in [0, 0.05) is 0 Å². The van der Waals surface area contributed by atoms with Crippen molar-refractivity contribution in [2.75, 3.05) is 18.1 Å². The van der Waals surface area contributed by atoms with E-state index in [2.05, 4.69) is 6.92 Å². The Labute approximate surface area is 67.8 Å². The monoisotopic (exact) mass is 159 g/mol. The molecule has 0 spiro atoms. The number of hydrogen-bond acceptors (Lipinski definition) is 2. The van der Waals surface area contributed by atoms with Crippen LogP contribution in [-0.4, -0.2) is 18.1 Å². The van der Waals surface area contributed by atoms with E-state index in [1.54, 1.807) is 0 Å². The topological polar surface area (TPSA) is 26.0 Å². The van der Waals surface area contributed by atoms with Gasteiger partial charge < -0.3 is 5.73 Å². The largest absolute Gasteiger partial charge is 0.330 e. The van der Waals surface area contributed by atoms with Gasteiger partial charge in [-0.3, -0.25) is 0 Å². The second-order valence-corrected chi connectivity index (χ2v) is 4.54. The number of thioether (sulfide) groups is 1. The highest BCUT2D eigenvalue weighted by molar-refractivity contribution is 7.99. The van der Waals surface area contributed by atoms with Crippen molar-refractivity contribution in [2.45, 2.75) is 26.2 Å². The number of hydrogen-bond donors (Lipinski definition) is 1. The molecule has 0 atom stereocenters. The third-order valence-corrected chi connectivity index (χ3v) is 3.27. The quantitative estimate of drug-likeness (QED) is 0.620. The Morgan fingerprint density at radius 2 is 2.20 bits per heavy atom. The Balaban J connectivity index is 2.01. The summed E-state index contributed by atoms with van der Waals surface area (Å²) in [5.74, 6) is 2.56. The summed E-state index contributed by atoms with van der Waals surface area (Å²) in [6, 6.07) is 0. The maximum Gasteiger partial charge on any atom is -0.00202 e. The van der Waals surface area contributed by atoms with Gasteiger partial charge >= 0.3 is 0 Å². The van der Waals surface area contributed by atoms with Gasteiger partial charge in [-0.2, -0.15) is 11.8 Å². The zero-order valence-corrected chi connectivity index (χ0v) is 7.54. The van der Waals surface area contributed by atoms with Crippen LogP contribution >= 0.6 is 11.8 Å². The SMILES string of the molecule is CCSCCC1(CN)CC1. The highest BCUT2D eigenvalue weighted by atomic mass is 32.2. The minimum absolute atomic E-state index is 0.599. The van der Waals surface area contributed by atoms with E-state index in [0.29, 0.717) is 5.41 Å². The van der Waals surface area contributed by atoms with Gasteiger partial charge in [0.2, 0.25) is 0 Å². The minimum atomic E-state index is 0.599. The lowest BCUT2D eigenvalue weighted by atomic mass is 10.1. The van der Waals surface area contributed by atoms with Crippen molar-refractivity contribution in [1.29, 1.82) is 0 Å². The molecule has 2 heteroatoms. The molecule has 0 aromatic heterocycles. The summed E-state index contributed by atoms with van der Waals surface area (Å²) in [4.78, 5) is 0. The first-order valence-electron chi connectivity index (χ1n) is 4.11. The fraction of sp³-hybridized carbons (Fsp3) is 1.00. The molecule has 0 saturated heterocycles. The standard InChI is InChI=1S/C8H17NS/c1-2-10-6-5-8(7-9)3-4-8/h2-7,9H2,1H3. The average Bonchev–Trinajstić information content (AvgIpc) is 2.70. The molecule has 1 fully saturated rings. The van der Waals surface area contributed by atoms with E-state index in [9.17, 15) is 0 Å². The van der Waals surface area contributed by atoms with Crippen LogP contribution in [0, 0.1) is 5.41 Å². The van der Waals surface area contributed by atoms with Crippen LogP contribution in [0.2, 0.25) is 0 Å². The summed E-state index contributed by atoms with van der Waals surface area (Å²) >= 11 is 2.03. The lowest BCUT2D eigenvalue weighted by Gasteiger charge is -2.09. The van der Waals surface area contributed by atoms with Gasteiger partial charge in [-0.15, -0.1) is 0 Å². The molecule has 0 aromatic carbocycles. The molecule has 1 aliphatic carbocycles. The molecule has 0 aliphatic heterocycles. The highest BCUT2D eigenvalue weighted by Gasteiger charge is 2.40. The molecule has 1 rings (SSSR count). The summed E-state index contributed by atoms with van der Waals surface area (Å²) in [7, 11) is 0. The Morgan fingerprint density at radius 3 is 2.60 bits per heavy atom. The van der Waals surface area contributed by atoms with Crippen LogP contribution in [-0.2, 0) is 0 Å². The van der Waals surface area contributed by atoms with Gasteiger partial charge in [-0.1, -0.05) is 6.92 Å². The second-order valence-electron chi connectivity index (χ2n) is 3.15. The maximum absolute atomic E-state index is 5.64. The van der Waals surface area contributed by atoms with Crippen LogP contribution in [0.15, 0.2) is 0 Å². The number of rotatable bonds is 5. The Morgan fingerprint density at radius 1 is 1.50 bits per heavy atom. The number of nitrogens with two attached hydrogens (primary N) is 1. The van der Waals surface area contributed by atoms with Crippen molar-refractivity contribution < 1.29 is 0 Å². The molecular formula is C8H17NS. The first-order valence-corrected chi connectivity index (χ1v) is 5.26. The van der Waals surface area contributed by atoms with Crippen molar-refractivity contribution >= 4 is 11.8 Å².